The van der Waals surface area contributed by atoms with E-state index in [-0.39, 0.29) is 6.17 Å². The summed E-state index contributed by atoms with van der Waals surface area (Å²) in [5.74, 6) is 1.37. The summed E-state index contributed by atoms with van der Waals surface area (Å²) in [5, 5.41) is 2.32. The third-order valence-corrected chi connectivity index (χ3v) is 9.75. The van der Waals surface area contributed by atoms with E-state index in [1.165, 1.54) is 39.1 Å². The Kier molecular flexibility index (Phi) is 6.42. The Morgan fingerprint density at radius 3 is 2.09 bits per heavy atom. The zero-order chi connectivity index (χ0) is 31.5. The lowest BCUT2D eigenvalue weighted by atomic mass is 9.93. The third-order valence-electron chi connectivity index (χ3n) is 9.75. The maximum atomic E-state index is 6.98. The van der Waals surface area contributed by atoms with Gasteiger partial charge in [-0.05, 0) is 59.9 Å². The fourth-order valence-electron chi connectivity index (χ4n) is 7.56. The van der Waals surface area contributed by atoms with E-state index in [4.69, 9.17) is 4.42 Å². The monoisotopic (exact) mass is 609 g/mol. The Morgan fingerprint density at radius 1 is 0.681 bits per heavy atom. The maximum absolute atomic E-state index is 6.98. The number of hydrogen-bond donors (Lipinski definition) is 0. The van der Waals surface area contributed by atoms with Crippen LogP contribution < -0.4 is 4.90 Å². The van der Waals surface area contributed by atoms with Crippen molar-refractivity contribution in [3.63, 3.8) is 0 Å². The van der Waals surface area contributed by atoms with Gasteiger partial charge in [0, 0.05) is 58.6 Å². The molecule has 2 unspecified atom stereocenters. The second-order valence-corrected chi connectivity index (χ2v) is 12.8. The summed E-state index contributed by atoms with van der Waals surface area (Å²) in [6.07, 6.45) is 10.0. The lowest BCUT2D eigenvalue weighted by molar-refractivity contribution is 0.368. The molecule has 2 aliphatic rings. The van der Waals surface area contributed by atoms with E-state index in [2.05, 4.69) is 180 Å². The molecule has 0 N–H and O–H groups in total. The van der Waals surface area contributed by atoms with Gasteiger partial charge in [0.05, 0.1) is 10.9 Å². The van der Waals surface area contributed by atoms with E-state index in [1.54, 1.807) is 0 Å². The molecule has 47 heavy (non-hydrogen) atoms. The number of rotatable bonds is 5. The van der Waals surface area contributed by atoms with Crippen LogP contribution in [-0.4, -0.2) is 16.5 Å². The largest absolute Gasteiger partial charge is 0.455 e. The van der Waals surface area contributed by atoms with Crippen LogP contribution in [0.4, 0.5) is 5.69 Å². The van der Waals surface area contributed by atoms with Gasteiger partial charge in [-0.3, -0.25) is 0 Å². The van der Waals surface area contributed by atoms with Crippen molar-refractivity contribution in [2.45, 2.75) is 19.5 Å². The topological polar surface area (TPSA) is 24.6 Å². The molecule has 9 rings (SSSR count). The molecule has 0 amide bonds. The van der Waals surface area contributed by atoms with Crippen molar-refractivity contribution in [1.82, 2.24) is 9.47 Å². The number of hydrogen-bond acceptors (Lipinski definition) is 3. The van der Waals surface area contributed by atoms with Crippen molar-refractivity contribution in [3.8, 4) is 28.1 Å². The summed E-state index contributed by atoms with van der Waals surface area (Å²) in [5.41, 5.74) is 11.7. The van der Waals surface area contributed by atoms with Gasteiger partial charge in [0.2, 0.25) is 0 Å². The molecule has 4 heteroatoms. The summed E-state index contributed by atoms with van der Waals surface area (Å²) in [4.78, 5) is 4.60. The minimum absolute atomic E-state index is 0.0975. The van der Waals surface area contributed by atoms with Gasteiger partial charge in [0.15, 0.2) is 0 Å². The summed E-state index contributed by atoms with van der Waals surface area (Å²) in [6, 6.07) is 45.4. The number of allylic oxidation sites excluding steroid dienone is 1. The van der Waals surface area contributed by atoms with E-state index in [1.807, 2.05) is 0 Å². The first-order chi connectivity index (χ1) is 23.2. The summed E-state index contributed by atoms with van der Waals surface area (Å²) < 4.78 is 9.45. The zero-order valence-electron chi connectivity index (χ0n) is 26.5. The Morgan fingerprint density at radius 2 is 1.36 bits per heavy atom. The van der Waals surface area contributed by atoms with Gasteiger partial charge in [-0.1, -0.05) is 110 Å². The molecule has 5 aromatic carbocycles. The summed E-state index contributed by atoms with van der Waals surface area (Å²) >= 11 is 0. The average Bonchev–Trinajstić information content (AvgIpc) is 3.80. The molecule has 0 saturated heterocycles. The second kappa shape index (κ2) is 11.0. The summed E-state index contributed by atoms with van der Waals surface area (Å²) in [7, 11) is 2.14. The quantitative estimate of drug-likeness (QED) is 0.194. The fourth-order valence-corrected chi connectivity index (χ4v) is 7.56. The molecule has 7 aromatic rings. The number of benzene rings is 5. The molecule has 0 fully saturated rings. The Bertz CT molecular complexity index is 2290. The van der Waals surface area contributed by atoms with Crippen LogP contribution in [0, 0.1) is 5.92 Å². The highest BCUT2D eigenvalue weighted by molar-refractivity contribution is 6.15. The van der Waals surface area contributed by atoms with Gasteiger partial charge < -0.3 is 18.8 Å². The Balaban J connectivity index is 1.23. The number of aromatic nitrogens is 1. The van der Waals surface area contributed by atoms with E-state index in [9.17, 15) is 0 Å². The van der Waals surface area contributed by atoms with E-state index >= 15 is 0 Å². The minimum atomic E-state index is 0.0975. The summed E-state index contributed by atoms with van der Waals surface area (Å²) in [6.45, 7) is 2.30. The molecule has 1 aliphatic carbocycles. The molecule has 0 spiro atoms. The van der Waals surface area contributed by atoms with Crippen LogP contribution in [0.3, 0.4) is 0 Å². The number of para-hydroxylation sites is 1. The molecule has 228 valence electrons. The van der Waals surface area contributed by atoms with Crippen LogP contribution in [0.5, 0.6) is 0 Å². The van der Waals surface area contributed by atoms with Crippen LogP contribution in [0.25, 0.3) is 56.1 Å². The van der Waals surface area contributed by atoms with Gasteiger partial charge in [0.1, 0.15) is 17.5 Å². The van der Waals surface area contributed by atoms with Crippen molar-refractivity contribution in [1.29, 1.82) is 0 Å². The molecule has 2 aromatic heterocycles. The lowest BCUT2D eigenvalue weighted by Gasteiger charge is -2.31. The van der Waals surface area contributed by atoms with Crippen LogP contribution in [0.15, 0.2) is 150 Å². The number of anilines is 1. The molecule has 0 saturated carbocycles. The highest BCUT2D eigenvalue weighted by Crippen LogP contribution is 2.46. The zero-order valence-corrected chi connectivity index (χ0v) is 26.5. The lowest BCUT2D eigenvalue weighted by Crippen LogP contribution is -2.28. The minimum Gasteiger partial charge on any atom is -0.455 e. The third kappa shape index (κ3) is 4.44. The molecule has 0 radical (unpaired) electrons. The number of nitrogens with zero attached hydrogens (tertiary/aromatic N) is 3. The molecule has 3 heterocycles. The highest BCUT2D eigenvalue weighted by atomic mass is 16.3. The van der Waals surface area contributed by atoms with Gasteiger partial charge in [0.25, 0.3) is 0 Å². The fraction of sp³-hybridized carbons (Fsp3) is 0.116. The predicted molar refractivity (Wildman–Crippen MR) is 194 cm³/mol. The van der Waals surface area contributed by atoms with E-state index in [0.29, 0.717) is 5.92 Å². The van der Waals surface area contributed by atoms with Crippen LogP contribution in [0.1, 0.15) is 29.9 Å². The predicted octanol–water partition coefficient (Wildman–Crippen LogP) is 10.8. The first-order valence-corrected chi connectivity index (χ1v) is 16.4. The van der Waals surface area contributed by atoms with E-state index in [0.717, 1.165) is 39.8 Å². The van der Waals surface area contributed by atoms with Gasteiger partial charge in [-0.15, -0.1) is 0 Å². The SMILES string of the molecule is CC1C=Cc2c(n(-c3ccc(C4N(C)C=CN4c4ccccc4)cc3)c3ccc4c(-c5ccccc5)c(-c5ccccc5)oc4c23)C1. The molecule has 1 aliphatic heterocycles. The van der Waals surface area contributed by atoms with Gasteiger partial charge in [-0.25, -0.2) is 0 Å². The van der Waals surface area contributed by atoms with Crippen molar-refractivity contribution < 1.29 is 4.42 Å². The first-order valence-electron chi connectivity index (χ1n) is 16.4. The van der Waals surface area contributed by atoms with Crippen molar-refractivity contribution in [2.24, 2.45) is 5.92 Å². The smallest absolute Gasteiger partial charge is 0.145 e. The second-order valence-electron chi connectivity index (χ2n) is 12.8. The average molecular weight is 610 g/mol. The molecular formula is C43H35N3O. The maximum Gasteiger partial charge on any atom is 0.145 e. The van der Waals surface area contributed by atoms with Gasteiger partial charge in [-0.2, -0.15) is 0 Å². The van der Waals surface area contributed by atoms with Crippen molar-refractivity contribution in [2.75, 3.05) is 11.9 Å². The van der Waals surface area contributed by atoms with Crippen molar-refractivity contribution in [3.05, 3.63) is 163 Å². The molecular weight excluding hydrogens is 574 g/mol. The Labute approximate surface area is 275 Å². The van der Waals surface area contributed by atoms with Crippen LogP contribution >= 0.6 is 0 Å². The Hall–Kier alpha value is -5.74. The molecule has 2 atom stereocenters. The number of fused-ring (bicyclic) bond motifs is 5. The first kappa shape index (κ1) is 27.6. The van der Waals surface area contributed by atoms with Crippen molar-refractivity contribution >= 4 is 33.6 Å². The van der Waals surface area contributed by atoms with Crippen LogP contribution in [0.2, 0.25) is 0 Å². The molecule has 4 nitrogen and oxygen atoms in total. The number of furan rings is 1. The standard InChI is InChI=1S/C43H35N3O/c1-29-18-23-35-38(28-29)46(34-21-19-32(20-22-34)43-44(2)26-27-45(43)33-16-10-5-11-17-33)37-25-24-36-39(30-12-6-3-7-13-30)41(47-42(36)40(35)37)31-14-8-4-9-15-31/h3-27,29,43H,28H2,1-2H3. The van der Waals surface area contributed by atoms with Crippen LogP contribution in [-0.2, 0) is 6.42 Å². The highest BCUT2D eigenvalue weighted by Gasteiger charge is 2.29. The molecule has 0 bridgehead atoms. The van der Waals surface area contributed by atoms with E-state index < -0.39 is 0 Å². The normalized spacial score (nSPS) is 17.2. The van der Waals surface area contributed by atoms with Gasteiger partial charge >= 0.3 is 0 Å².